The average Bonchev–Trinajstić information content (AvgIpc) is 2.83. The Bertz CT molecular complexity index is 709. The maximum atomic E-state index is 12.2. The number of aromatic nitrogens is 1. The van der Waals surface area contributed by atoms with Crippen molar-refractivity contribution in [3.63, 3.8) is 0 Å². The minimum Gasteiger partial charge on any atom is -0.454 e. The molecule has 0 saturated heterocycles. The minimum absolute atomic E-state index is 0.0546. The molecule has 18 heavy (non-hydrogen) atoms. The van der Waals surface area contributed by atoms with Crippen LogP contribution in [0.5, 0.6) is 11.5 Å². The van der Waals surface area contributed by atoms with Crippen LogP contribution in [0.4, 0.5) is 0 Å². The van der Waals surface area contributed by atoms with Crippen LogP contribution in [0, 0.1) is 12.3 Å². The summed E-state index contributed by atoms with van der Waals surface area (Å²) in [7, 11) is 0. The Hall–Kier alpha value is -2.41. The zero-order valence-corrected chi connectivity index (χ0v) is 9.68. The van der Waals surface area contributed by atoms with Crippen LogP contribution in [-0.4, -0.2) is 11.4 Å². The lowest BCUT2D eigenvalue weighted by Gasteiger charge is -2.06. The van der Waals surface area contributed by atoms with Crippen molar-refractivity contribution in [2.45, 2.75) is 13.0 Å². The van der Waals surface area contributed by atoms with E-state index in [1.54, 1.807) is 16.8 Å². The highest BCUT2D eigenvalue weighted by atomic mass is 16.7. The van der Waals surface area contributed by atoms with Crippen LogP contribution in [0.3, 0.4) is 0 Å². The summed E-state index contributed by atoms with van der Waals surface area (Å²) in [6, 6.07) is 5.44. The molecule has 0 N–H and O–H groups in total. The topological polar surface area (TPSA) is 40.5 Å². The summed E-state index contributed by atoms with van der Waals surface area (Å²) < 4.78 is 12.2. The van der Waals surface area contributed by atoms with Gasteiger partial charge in [-0.2, -0.15) is 0 Å². The van der Waals surface area contributed by atoms with Gasteiger partial charge in [-0.15, -0.1) is 12.3 Å². The number of aryl methyl sites for hydroxylation is 1. The van der Waals surface area contributed by atoms with Crippen LogP contribution in [0.25, 0.3) is 10.8 Å². The first-order valence-electron chi connectivity index (χ1n) is 5.66. The molecule has 1 aromatic carbocycles. The molecule has 2 aromatic rings. The number of benzene rings is 1. The Balaban J connectivity index is 2.17. The molecule has 4 heteroatoms. The summed E-state index contributed by atoms with van der Waals surface area (Å²) in [4.78, 5) is 12.2. The summed E-state index contributed by atoms with van der Waals surface area (Å²) in [6.45, 7) is 0.733. The van der Waals surface area contributed by atoms with Crippen molar-refractivity contribution in [3.8, 4) is 23.8 Å². The summed E-state index contributed by atoms with van der Waals surface area (Å²) in [6.07, 6.45) is 7.50. The van der Waals surface area contributed by atoms with Crippen molar-refractivity contribution < 1.29 is 9.47 Å². The van der Waals surface area contributed by atoms with Gasteiger partial charge in [0, 0.05) is 19.2 Å². The van der Waals surface area contributed by atoms with E-state index in [1.165, 1.54) is 0 Å². The van der Waals surface area contributed by atoms with Crippen LogP contribution in [-0.2, 0) is 6.54 Å². The maximum Gasteiger partial charge on any atom is 0.258 e. The summed E-state index contributed by atoms with van der Waals surface area (Å²) in [5, 5.41) is 1.47. The number of pyridine rings is 1. The van der Waals surface area contributed by atoms with Crippen molar-refractivity contribution >= 4 is 10.8 Å². The van der Waals surface area contributed by atoms with Crippen LogP contribution in [0.15, 0.2) is 29.2 Å². The third-order valence-corrected chi connectivity index (χ3v) is 2.97. The molecule has 0 unspecified atom stereocenters. The Morgan fingerprint density at radius 2 is 2.11 bits per heavy atom. The van der Waals surface area contributed by atoms with Crippen LogP contribution in [0.1, 0.15) is 6.42 Å². The van der Waals surface area contributed by atoms with Gasteiger partial charge in [-0.05, 0) is 23.6 Å². The van der Waals surface area contributed by atoms with Gasteiger partial charge in [0.1, 0.15) is 0 Å². The number of ether oxygens (including phenoxy) is 2. The molecule has 0 bridgehead atoms. The Labute approximate surface area is 104 Å². The Kier molecular flexibility index (Phi) is 2.45. The predicted octanol–water partition coefficient (Wildman–Crippen LogP) is 1.75. The molecular weight excluding hydrogens is 230 g/mol. The molecule has 2 heterocycles. The summed E-state index contributed by atoms with van der Waals surface area (Å²) >= 11 is 0. The zero-order chi connectivity index (χ0) is 12.5. The molecule has 0 atom stereocenters. The van der Waals surface area contributed by atoms with E-state index in [4.69, 9.17) is 15.9 Å². The first kappa shape index (κ1) is 10.7. The molecule has 1 aliphatic rings. The highest BCUT2D eigenvalue weighted by Crippen LogP contribution is 2.34. The zero-order valence-electron chi connectivity index (χ0n) is 9.68. The normalized spacial score (nSPS) is 12.6. The highest BCUT2D eigenvalue weighted by Gasteiger charge is 2.15. The van der Waals surface area contributed by atoms with Crippen molar-refractivity contribution in [1.29, 1.82) is 0 Å². The van der Waals surface area contributed by atoms with E-state index >= 15 is 0 Å². The fourth-order valence-corrected chi connectivity index (χ4v) is 2.03. The monoisotopic (exact) mass is 241 g/mol. The second-order valence-electron chi connectivity index (χ2n) is 4.06. The summed E-state index contributed by atoms with van der Waals surface area (Å²) in [5.74, 6) is 3.83. The maximum absolute atomic E-state index is 12.2. The van der Waals surface area contributed by atoms with Crippen LogP contribution in [0.2, 0.25) is 0 Å². The smallest absolute Gasteiger partial charge is 0.258 e. The first-order chi connectivity index (χ1) is 8.79. The molecule has 1 aliphatic heterocycles. The molecule has 3 rings (SSSR count). The van der Waals surface area contributed by atoms with Gasteiger partial charge in [-0.3, -0.25) is 4.79 Å². The quantitative estimate of drug-likeness (QED) is 0.752. The highest BCUT2D eigenvalue weighted by molar-refractivity contribution is 5.85. The minimum atomic E-state index is -0.0546. The van der Waals surface area contributed by atoms with E-state index in [-0.39, 0.29) is 12.4 Å². The molecule has 90 valence electrons. The molecular formula is C14H11NO3. The van der Waals surface area contributed by atoms with Crippen molar-refractivity contribution in [2.24, 2.45) is 0 Å². The fourth-order valence-electron chi connectivity index (χ4n) is 2.03. The van der Waals surface area contributed by atoms with Gasteiger partial charge in [-0.1, -0.05) is 0 Å². The molecule has 0 fully saturated rings. The first-order valence-corrected chi connectivity index (χ1v) is 5.66. The number of hydrogen-bond acceptors (Lipinski definition) is 3. The van der Waals surface area contributed by atoms with Gasteiger partial charge in [0.25, 0.3) is 5.56 Å². The number of fused-ring (bicyclic) bond motifs is 2. The standard InChI is InChI=1S/C14H11NO3/c1-2-3-5-15-6-4-10-7-12-13(18-9-17-12)8-11(10)14(15)16/h1,4,6-8H,3,5,9H2. The predicted molar refractivity (Wildman–Crippen MR) is 67.8 cm³/mol. The molecule has 4 nitrogen and oxygen atoms in total. The SMILES string of the molecule is C#CCCn1ccc2cc3c(cc2c1=O)OCO3. The lowest BCUT2D eigenvalue weighted by molar-refractivity contribution is 0.174. The van der Waals surface area contributed by atoms with Crippen molar-refractivity contribution in [1.82, 2.24) is 4.57 Å². The number of rotatable bonds is 2. The lowest BCUT2D eigenvalue weighted by atomic mass is 10.1. The van der Waals surface area contributed by atoms with E-state index in [0.717, 1.165) is 5.39 Å². The van der Waals surface area contributed by atoms with Crippen molar-refractivity contribution in [2.75, 3.05) is 6.79 Å². The van der Waals surface area contributed by atoms with E-state index in [1.807, 2.05) is 12.1 Å². The second kappa shape index (κ2) is 4.11. The van der Waals surface area contributed by atoms with E-state index in [0.29, 0.717) is 29.9 Å². The molecule has 0 spiro atoms. The molecule has 1 aromatic heterocycles. The van der Waals surface area contributed by atoms with Crippen LogP contribution >= 0.6 is 0 Å². The van der Waals surface area contributed by atoms with Gasteiger partial charge in [0.2, 0.25) is 6.79 Å². The molecule has 0 radical (unpaired) electrons. The Morgan fingerprint density at radius 1 is 1.33 bits per heavy atom. The van der Waals surface area contributed by atoms with E-state index < -0.39 is 0 Å². The third-order valence-electron chi connectivity index (χ3n) is 2.97. The fraction of sp³-hybridized carbons (Fsp3) is 0.214. The number of terminal acetylenes is 1. The van der Waals surface area contributed by atoms with E-state index in [9.17, 15) is 4.79 Å². The molecule has 0 amide bonds. The third kappa shape index (κ3) is 1.61. The Morgan fingerprint density at radius 3 is 2.89 bits per heavy atom. The van der Waals surface area contributed by atoms with Gasteiger partial charge < -0.3 is 14.0 Å². The van der Waals surface area contributed by atoms with Gasteiger partial charge in [0.05, 0.1) is 5.39 Å². The van der Waals surface area contributed by atoms with E-state index in [2.05, 4.69) is 5.92 Å². The lowest BCUT2D eigenvalue weighted by Crippen LogP contribution is -2.19. The number of hydrogen-bond donors (Lipinski definition) is 0. The van der Waals surface area contributed by atoms with Gasteiger partial charge in [0.15, 0.2) is 11.5 Å². The van der Waals surface area contributed by atoms with Gasteiger partial charge in [-0.25, -0.2) is 0 Å². The molecule has 0 aliphatic carbocycles. The molecule has 0 saturated carbocycles. The number of nitrogens with zero attached hydrogens (tertiary/aromatic N) is 1. The largest absolute Gasteiger partial charge is 0.454 e. The van der Waals surface area contributed by atoms with Gasteiger partial charge >= 0.3 is 0 Å². The second-order valence-corrected chi connectivity index (χ2v) is 4.06. The van der Waals surface area contributed by atoms with Crippen molar-refractivity contribution in [3.05, 3.63) is 34.7 Å². The van der Waals surface area contributed by atoms with Crippen LogP contribution < -0.4 is 15.0 Å². The summed E-state index contributed by atoms with van der Waals surface area (Å²) in [5.41, 5.74) is -0.0546. The average molecular weight is 241 g/mol.